The molecule has 0 saturated carbocycles. The van der Waals surface area contributed by atoms with Crippen molar-refractivity contribution in [2.24, 2.45) is 4.99 Å². The van der Waals surface area contributed by atoms with Gasteiger partial charge in [0.15, 0.2) is 5.96 Å². The van der Waals surface area contributed by atoms with Crippen molar-refractivity contribution in [3.63, 3.8) is 0 Å². The number of nitrogens with zero attached hydrogens (tertiary/aromatic N) is 2. The largest absolute Gasteiger partial charge is 0.469 e. The molecule has 40 heavy (non-hydrogen) atoms. The van der Waals surface area contributed by atoms with Crippen LogP contribution in [0.4, 0.5) is 23.2 Å². The lowest BCUT2D eigenvalue weighted by molar-refractivity contribution is -0.141. The third-order valence-corrected chi connectivity index (χ3v) is 6.00. The second-order valence-electron chi connectivity index (χ2n) is 8.85. The summed E-state index contributed by atoms with van der Waals surface area (Å²) in [4.78, 5) is 41.5. The van der Waals surface area contributed by atoms with Gasteiger partial charge in [-0.1, -0.05) is 12.1 Å². The molecule has 3 aromatic rings. The summed E-state index contributed by atoms with van der Waals surface area (Å²) in [6, 6.07) is 6.04. The number of esters is 1. The third-order valence-electron chi connectivity index (χ3n) is 6.00. The lowest BCUT2D eigenvalue weighted by atomic mass is 10.0. The number of methoxy groups -OCH3 is 1. The van der Waals surface area contributed by atoms with Crippen molar-refractivity contribution in [1.82, 2.24) is 26.1 Å². The van der Waals surface area contributed by atoms with Gasteiger partial charge in [-0.25, -0.2) is 9.38 Å². The van der Waals surface area contributed by atoms with Crippen molar-refractivity contribution < 1.29 is 36.7 Å². The number of guanidine groups is 1. The zero-order valence-electron chi connectivity index (χ0n) is 21.1. The van der Waals surface area contributed by atoms with E-state index in [0.717, 1.165) is 31.4 Å². The Hall–Kier alpha value is -4.69. The van der Waals surface area contributed by atoms with Crippen LogP contribution >= 0.6 is 0 Å². The Morgan fingerprint density at radius 2 is 1.93 bits per heavy atom. The number of benzene rings is 2. The van der Waals surface area contributed by atoms with E-state index in [4.69, 9.17) is 0 Å². The van der Waals surface area contributed by atoms with E-state index in [2.05, 4.69) is 41.2 Å². The Bertz CT molecular complexity index is 1420. The molecular weight excluding hydrogens is 538 g/mol. The van der Waals surface area contributed by atoms with E-state index in [9.17, 15) is 31.9 Å². The standard InChI is InChI=1S/C25H25F4N7O4/c1-40-22(38)8-18(13-2-4-15(5-3-13)25(27,28)29)34-21(37)12-30-23(39)14-6-19(17-11-33-36-20(17)7-14)35-24-31-9-16(26)10-32-24/h2-7,11,16,18H,8-10,12H2,1H3,(H,30,39)(H,33,36)(H,34,37)(H2,31,32,35)/t18-/m0/s1. The first-order chi connectivity index (χ1) is 19.0. The van der Waals surface area contributed by atoms with Crippen molar-refractivity contribution in [2.45, 2.75) is 24.8 Å². The zero-order chi connectivity index (χ0) is 28.9. The SMILES string of the molecule is COC(=O)C[C@H](NC(=O)CNC(=O)c1cc(NC2=NCC(F)CN2)c2cn[nH]c2c1)c1ccc(C(F)(F)F)cc1. The third kappa shape index (κ3) is 7.03. The number of H-pyrrole nitrogens is 1. The van der Waals surface area contributed by atoms with E-state index in [-0.39, 0.29) is 30.6 Å². The predicted molar refractivity (Wildman–Crippen MR) is 136 cm³/mol. The van der Waals surface area contributed by atoms with Gasteiger partial charge in [0.1, 0.15) is 6.17 Å². The molecule has 0 spiro atoms. The second-order valence-corrected chi connectivity index (χ2v) is 8.85. The van der Waals surface area contributed by atoms with Crippen molar-refractivity contribution in [2.75, 3.05) is 32.1 Å². The number of ether oxygens (including phenoxy) is 1. The highest BCUT2D eigenvalue weighted by molar-refractivity contribution is 6.07. The number of halogens is 4. The molecule has 0 radical (unpaired) electrons. The van der Waals surface area contributed by atoms with Crippen LogP contribution in [0.5, 0.6) is 0 Å². The van der Waals surface area contributed by atoms with Crippen LogP contribution in [0.3, 0.4) is 0 Å². The summed E-state index contributed by atoms with van der Waals surface area (Å²) >= 11 is 0. The van der Waals surface area contributed by atoms with E-state index >= 15 is 0 Å². The molecule has 15 heteroatoms. The van der Waals surface area contributed by atoms with Crippen molar-refractivity contribution in [3.05, 3.63) is 59.3 Å². The lowest BCUT2D eigenvalue weighted by Crippen LogP contribution is -2.41. The quantitative estimate of drug-likeness (QED) is 0.209. The number of carbonyl (C=O) groups excluding carboxylic acids is 3. The van der Waals surface area contributed by atoms with Crippen molar-refractivity contribution >= 4 is 40.3 Å². The molecule has 5 N–H and O–H groups in total. The summed E-state index contributed by atoms with van der Waals surface area (Å²) in [5, 5.41) is 18.2. The summed E-state index contributed by atoms with van der Waals surface area (Å²) < 4.78 is 56.8. The number of rotatable bonds is 8. The molecule has 2 amide bonds. The number of hydrogen-bond acceptors (Lipinski definition) is 8. The molecule has 0 bridgehead atoms. The van der Waals surface area contributed by atoms with Crippen LogP contribution in [0.25, 0.3) is 10.9 Å². The Labute approximate surface area is 224 Å². The number of carbonyl (C=O) groups is 3. The highest BCUT2D eigenvalue weighted by atomic mass is 19.4. The molecule has 4 rings (SSSR count). The maximum Gasteiger partial charge on any atom is 0.416 e. The van der Waals surface area contributed by atoms with Crippen LogP contribution in [-0.2, 0) is 20.5 Å². The molecule has 0 saturated heterocycles. The minimum Gasteiger partial charge on any atom is -0.469 e. The molecule has 2 aromatic carbocycles. The fraction of sp³-hybridized carbons (Fsp3) is 0.320. The first-order valence-corrected chi connectivity index (χ1v) is 12.0. The second kappa shape index (κ2) is 12.0. The van der Waals surface area contributed by atoms with Crippen LogP contribution in [0.15, 0.2) is 47.6 Å². The number of amides is 2. The number of aromatic amines is 1. The summed E-state index contributed by atoms with van der Waals surface area (Å²) in [5.41, 5.74) is 0.509. The Kier molecular flexibility index (Phi) is 8.50. The van der Waals surface area contributed by atoms with E-state index < -0.39 is 48.3 Å². The number of aromatic nitrogens is 2. The number of alkyl halides is 4. The average Bonchev–Trinajstić information content (AvgIpc) is 3.41. The molecular formula is C25H25F4N7O4. The summed E-state index contributed by atoms with van der Waals surface area (Å²) in [6.07, 6.45) is -4.45. The number of fused-ring (bicyclic) bond motifs is 1. The Morgan fingerprint density at radius 1 is 1.18 bits per heavy atom. The molecule has 2 atom stereocenters. The Balaban J connectivity index is 1.43. The molecule has 0 aliphatic carbocycles. The topological polar surface area (TPSA) is 150 Å². The fourth-order valence-electron chi connectivity index (χ4n) is 3.93. The zero-order valence-corrected chi connectivity index (χ0v) is 21.1. The first kappa shape index (κ1) is 28.3. The number of hydrogen-bond donors (Lipinski definition) is 5. The molecule has 0 fully saturated rings. The highest BCUT2D eigenvalue weighted by Crippen LogP contribution is 2.30. The van der Waals surface area contributed by atoms with Gasteiger partial charge in [-0.05, 0) is 29.8 Å². The van der Waals surface area contributed by atoms with E-state index in [1.54, 1.807) is 0 Å². The van der Waals surface area contributed by atoms with Gasteiger partial charge in [0.25, 0.3) is 5.91 Å². The van der Waals surface area contributed by atoms with Gasteiger partial charge in [-0.3, -0.25) is 19.5 Å². The molecule has 1 aromatic heterocycles. The van der Waals surface area contributed by atoms with Crippen LogP contribution in [0.1, 0.15) is 33.9 Å². The van der Waals surface area contributed by atoms with E-state index in [1.165, 1.54) is 18.3 Å². The molecule has 1 aliphatic heterocycles. The normalized spacial score (nSPS) is 15.9. The van der Waals surface area contributed by atoms with Crippen molar-refractivity contribution in [3.8, 4) is 0 Å². The first-order valence-electron chi connectivity index (χ1n) is 12.0. The molecule has 1 unspecified atom stereocenters. The predicted octanol–water partition coefficient (Wildman–Crippen LogP) is 2.44. The van der Waals surface area contributed by atoms with Gasteiger partial charge < -0.3 is 26.0 Å². The van der Waals surface area contributed by atoms with Gasteiger partial charge in [-0.2, -0.15) is 18.3 Å². The maximum absolute atomic E-state index is 13.4. The molecule has 1 aliphatic rings. The fourth-order valence-corrected chi connectivity index (χ4v) is 3.93. The smallest absolute Gasteiger partial charge is 0.416 e. The summed E-state index contributed by atoms with van der Waals surface area (Å²) in [5.74, 6) is -1.67. The average molecular weight is 564 g/mol. The van der Waals surface area contributed by atoms with Crippen LogP contribution in [0.2, 0.25) is 0 Å². The highest BCUT2D eigenvalue weighted by Gasteiger charge is 2.30. The minimum absolute atomic E-state index is 0.0113. The van der Waals surface area contributed by atoms with Gasteiger partial charge in [-0.15, -0.1) is 0 Å². The van der Waals surface area contributed by atoms with E-state index in [1.807, 2.05) is 0 Å². The summed E-state index contributed by atoms with van der Waals surface area (Å²) in [7, 11) is 1.14. The van der Waals surface area contributed by atoms with Gasteiger partial charge >= 0.3 is 12.1 Å². The lowest BCUT2D eigenvalue weighted by Gasteiger charge is -2.20. The van der Waals surface area contributed by atoms with Crippen LogP contribution < -0.4 is 21.3 Å². The monoisotopic (exact) mass is 563 g/mol. The minimum atomic E-state index is -4.55. The van der Waals surface area contributed by atoms with E-state index in [0.29, 0.717) is 22.5 Å². The molecule has 11 nitrogen and oxygen atoms in total. The summed E-state index contributed by atoms with van der Waals surface area (Å²) in [6.45, 7) is -0.422. The number of nitrogens with one attached hydrogen (secondary N) is 5. The maximum atomic E-state index is 13.4. The number of anilines is 1. The van der Waals surface area contributed by atoms with Crippen LogP contribution in [-0.4, -0.2) is 66.9 Å². The van der Waals surface area contributed by atoms with Gasteiger partial charge in [0.2, 0.25) is 5.91 Å². The van der Waals surface area contributed by atoms with Gasteiger partial charge in [0.05, 0.1) is 62.2 Å². The van der Waals surface area contributed by atoms with Crippen LogP contribution in [0, 0.1) is 0 Å². The Morgan fingerprint density at radius 3 is 2.58 bits per heavy atom. The number of aliphatic imine (C=N–C) groups is 1. The molecule has 212 valence electrons. The van der Waals surface area contributed by atoms with Gasteiger partial charge in [0, 0.05) is 10.9 Å². The van der Waals surface area contributed by atoms with Crippen molar-refractivity contribution in [1.29, 1.82) is 0 Å². The molecule has 2 heterocycles.